The largest absolute Gasteiger partial charge is 0.332 e. The minimum absolute atomic E-state index is 0.00613. The van der Waals surface area contributed by atoms with Crippen molar-refractivity contribution in [1.29, 1.82) is 0 Å². The maximum atomic E-state index is 12.0. The van der Waals surface area contributed by atoms with E-state index in [4.69, 9.17) is 5.73 Å². The summed E-state index contributed by atoms with van der Waals surface area (Å²) in [4.78, 5) is 12.0. The summed E-state index contributed by atoms with van der Waals surface area (Å²) in [6.45, 7) is 2.69. The molecule has 4 nitrogen and oxygen atoms in total. The molecular formula is C15H21N3O. The summed E-state index contributed by atoms with van der Waals surface area (Å²) < 4.78 is 3.33. The predicted octanol–water partition coefficient (Wildman–Crippen LogP) is 1.77. The first-order chi connectivity index (χ1) is 9.13. The molecule has 2 aromatic rings. The second-order valence-corrected chi connectivity index (χ2v) is 4.91. The van der Waals surface area contributed by atoms with Gasteiger partial charge in [-0.2, -0.15) is 0 Å². The van der Waals surface area contributed by atoms with Crippen LogP contribution in [-0.2, 0) is 13.5 Å². The topological polar surface area (TPSA) is 53.0 Å². The van der Waals surface area contributed by atoms with Gasteiger partial charge >= 0.3 is 5.69 Å². The van der Waals surface area contributed by atoms with Gasteiger partial charge in [0.25, 0.3) is 0 Å². The number of hydrogen-bond donors (Lipinski definition) is 1. The third kappa shape index (κ3) is 2.96. The van der Waals surface area contributed by atoms with Crippen LogP contribution in [0.2, 0.25) is 0 Å². The van der Waals surface area contributed by atoms with E-state index in [1.54, 1.807) is 16.2 Å². The highest BCUT2D eigenvalue weighted by Gasteiger charge is 2.07. The van der Waals surface area contributed by atoms with E-state index in [2.05, 4.69) is 12.1 Å². The Hall–Kier alpha value is -1.81. The van der Waals surface area contributed by atoms with E-state index in [0.29, 0.717) is 0 Å². The lowest BCUT2D eigenvalue weighted by atomic mass is 10.1. The molecule has 0 aliphatic carbocycles. The summed E-state index contributed by atoms with van der Waals surface area (Å²) in [5, 5.41) is 0. The molecule has 0 unspecified atom stereocenters. The lowest BCUT2D eigenvalue weighted by Gasteiger charge is -2.06. The Balaban J connectivity index is 2.20. The van der Waals surface area contributed by atoms with Crippen molar-refractivity contribution < 1.29 is 0 Å². The Labute approximate surface area is 113 Å². The van der Waals surface area contributed by atoms with Crippen molar-refractivity contribution in [2.75, 3.05) is 6.54 Å². The standard InChI is InChI=1S/C15H21N3O/c1-12-11-17(2)15(19)18(12)14-8-6-13(7-9-14)5-3-4-10-16/h6-9,11H,3-5,10,16H2,1-2H3. The average Bonchev–Trinajstić information content (AvgIpc) is 2.65. The normalized spacial score (nSPS) is 10.9. The zero-order valence-corrected chi connectivity index (χ0v) is 11.6. The van der Waals surface area contributed by atoms with Crippen molar-refractivity contribution in [3.63, 3.8) is 0 Å². The number of nitrogens with two attached hydrogens (primary N) is 1. The Kier molecular flexibility index (Phi) is 4.22. The highest BCUT2D eigenvalue weighted by Crippen LogP contribution is 2.12. The van der Waals surface area contributed by atoms with E-state index in [1.807, 2.05) is 25.3 Å². The molecule has 0 amide bonds. The van der Waals surface area contributed by atoms with Gasteiger partial charge in [-0.15, -0.1) is 0 Å². The van der Waals surface area contributed by atoms with Gasteiger partial charge < -0.3 is 10.3 Å². The number of imidazole rings is 1. The van der Waals surface area contributed by atoms with Crippen LogP contribution in [0.3, 0.4) is 0 Å². The predicted molar refractivity (Wildman–Crippen MR) is 77.7 cm³/mol. The van der Waals surface area contributed by atoms with Crippen LogP contribution in [-0.4, -0.2) is 15.7 Å². The molecule has 0 atom stereocenters. The van der Waals surface area contributed by atoms with Gasteiger partial charge in [0.15, 0.2) is 0 Å². The Bertz CT molecular complexity index is 593. The van der Waals surface area contributed by atoms with Crippen LogP contribution in [0.5, 0.6) is 0 Å². The number of benzene rings is 1. The highest BCUT2D eigenvalue weighted by atomic mass is 16.1. The third-order valence-corrected chi connectivity index (χ3v) is 3.34. The third-order valence-electron chi connectivity index (χ3n) is 3.34. The van der Waals surface area contributed by atoms with Crippen LogP contribution in [0.15, 0.2) is 35.3 Å². The van der Waals surface area contributed by atoms with Gasteiger partial charge in [0, 0.05) is 18.9 Å². The molecule has 0 bridgehead atoms. The molecule has 0 saturated heterocycles. The molecule has 0 radical (unpaired) electrons. The van der Waals surface area contributed by atoms with Gasteiger partial charge in [-0.25, -0.2) is 4.79 Å². The Morgan fingerprint density at radius 2 is 1.84 bits per heavy atom. The summed E-state index contributed by atoms with van der Waals surface area (Å²) in [6, 6.07) is 8.19. The first-order valence-corrected chi connectivity index (χ1v) is 6.68. The smallest absolute Gasteiger partial charge is 0.330 e. The maximum Gasteiger partial charge on any atom is 0.332 e. The van der Waals surface area contributed by atoms with Crippen molar-refractivity contribution in [1.82, 2.24) is 9.13 Å². The summed E-state index contributed by atoms with van der Waals surface area (Å²) in [5.74, 6) is 0. The molecule has 0 saturated carbocycles. The molecule has 102 valence electrons. The minimum atomic E-state index is -0.00613. The van der Waals surface area contributed by atoms with Gasteiger partial charge in [-0.3, -0.25) is 4.57 Å². The molecule has 4 heteroatoms. The van der Waals surface area contributed by atoms with Gasteiger partial charge in [0.2, 0.25) is 0 Å². The summed E-state index contributed by atoms with van der Waals surface area (Å²) >= 11 is 0. The van der Waals surface area contributed by atoms with Crippen molar-refractivity contribution in [2.24, 2.45) is 12.8 Å². The first kappa shape index (κ1) is 13.6. The van der Waals surface area contributed by atoms with Crippen LogP contribution in [0, 0.1) is 6.92 Å². The molecule has 2 N–H and O–H groups in total. The molecule has 1 aromatic heterocycles. The highest BCUT2D eigenvalue weighted by molar-refractivity contribution is 5.36. The number of hydrogen-bond acceptors (Lipinski definition) is 2. The van der Waals surface area contributed by atoms with Gasteiger partial charge in [-0.05, 0) is 50.4 Å². The lowest BCUT2D eigenvalue weighted by molar-refractivity contribution is 0.744. The van der Waals surface area contributed by atoms with Crippen molar-refractivity contribution >= 4 is 0 Å². The molecule has 0 aliphatic rings. The van der Waals surface area contributed by atoms with Crippen LogP contribution in [0.1, 0.15) is 24.1 Å². The molecule has 1 aromatic carbocycles. The van der Waals surface area contributed by atoms with Crippen LogP contribution < -0.4 is 11.4 Å². The Morgan fingerprint density at radius 1 is 1.16 bits per heavy atom. The second kappa shape index (κ2) is 5.89. The molecule has 19 heavy (non-hydrogen) atoms. The van der Waals surface area contributed by atoms with Crippen molar-refractivity contribution in [2.45, 2.75) is 26.2 Å². The number of nitrogens with zero attached hydrogens (tertiary/aromatic N) is 2. The van der Waals surface area contributed by atoms with Crippen LogP contribution in [0.25, 0.3) is 5.69 Å². The van der Waals surface area contributed by atoms with Crippen molar-refractivity contribution in [3.05, 3.63) is 52.2 Å². The number of unbranched alkanes of at least 4 members (excludes halogenated alkanes) is 1. The average molecular weight is 259 g/mol. The first-order valence-electron chi connectivity index (χ1n) is 6.68. The van der Waals surface area contributed by atoms with E-state index in [9.17, 15) is 4.79 Å². The molecule has 0 aliphatic heterocycles. The fourth-order valence-corrected chi connectivity index (χ4v) is 2.30. The zero-order valence-electron chi connectivity index (χ0n) is 11.6. The summed E-state index contributed by atoms with van der Waals surface area (Å²) in [5.41, 5.74) is 8.64. The summed E-state index contributed by atoms with van der Waals surface area (Å²) in [6.07, 6.45) is 5.05. The molecular weight excluding hydrogens is 238 g/mol. The van der Waals surface area contributed by atoms with E-state index >= 15 is 0 Å². The molecule has 1 heterocycles. The maximum absolute atomic E-state index is 12.0. The van der Waals surface area contributed by atoms with E-state index in [0.717, 1.165) is 37.2 Å². The van der Waals surface area contributed by atoms with Gasteiger partial charge in [0.1, 0.15) is 0 Å². The number of aromatic nitrogens is 2. The van der Waals surface area contributed by atoms with Gasteiger partial charge in [-0.1, -0.05) is 12.1 Å². The van der Waals surface area contributed by atoms with Crippen molar-refractivity contribution in [3.8, 4) is 5.69 Å². The SMILES string of the molecule is Cc1cn(C)c(=O)n1-c1ccc(CCCCN)cc1. The molecule has 2 rings (SSSR count). The summed E-state index contributed by atoms with van der Waals surface area (Å²) in [7, 11) is 1.77. The molecule has 0 fully saturated rings. The zero-order chi connectivity index (χ0) is 13.8. The molecule has 0 spiro atoms. The number of aryl methyl sites for hydroxylation is 3. The number of rotatable bonds is 5. The fourth-order valence-electron chi connectivity index (χ4n) is 2.30. The quantitative estimate of drug-likeness (QED) is 0.832. The van der Waals surface area contributed by atoms with Gasteiger partial charge in [0.05, 0.1) is 5.69 Å². The van der Waals surface area contributed by atoms with E-state index < -0.39 is 0 Å². The fraction of sp³-hybridized carbons (Fsp3) is 0.400. The Morgan fingerprint density at radius 3 is 2.37 bits per heavy atom. The second-order valence-electron chi connectivity index (χ2n) is 4.91. The van der Waals surface area contributed by atoms with Crippen LogP contribution >= 0.6 is 0 Å². The lowest BCUT2D eigenvalue weighted by Crippen LogP contribution is -2.21. The van der Waals surface area contributed by atoms with Crippen LogP contribution in [0.4, 0.5) is 0 Å². The minimum Gasteiger partial charge on any atom is -0.330 e. The van der Waals surface area contributed by atoms with E-state index in [1.165, 1.54) is 5.56 Å². The van der Waals surface area contributed by atoms with E-state index in [-0.39, 0.29) is 5.69 Å². The monoisotopic (exact) mass is 259 g/mol.